The maximum Gasteiger partial charge on any atom is 0.387 e. The molecule has 6 nitrogen and oxygen atoms in total. The van der Waals surface area contributed by atoms with Crippen molar-refractivity contribution in [1.82, 2.24) is 16.1 Å². The zero-order chi connectivity index (χ0) is 19.6. The van der Waals surface area contributed by atoms with Crippen LogP contribution in [0.15, 0.2) is 35.4 Å². The summed E-state index contributed by atoms with van der Waals surface area (Å²) in [5.74, 6) is -0.721. The molecule has 0 aromatic heterocycles. The van der Waals surface area contributed by atoms with Crippen molar-refractivity contribution in [2.24, 2.45) is 11.0 Å². The minimum absolute atomic E-state index is 0.131. The number of hydrazine groups is 2. The van der Waals surface area contributed by atoms with Crippen LogP contribution in [0.3, 0.4) is 0 Å². The van der Waals surface area contributed by atoms with Crippen molar-refractivity contribution < 1.29 is 27.0 Å². The van der Waals surface area contributed by atoms with E-state index in [1.807, 2.05) is 19.9 Å². The second-order valence-electron chi connectivity index (χ2n) is 6.21. The molecule has 0 bridgehead atoms. The van der Waals surface area contributed by atoms with E-state index in [2.05, 4.69) is 25.5 Å². The van der Waals surface area contributed by atoms with Gasteiger partial charge in [0.25, 0.3) is 0 Å². The Bertz CT molecular complexity index is 824. The highest BCUT2D eigenvalue weighted by molar-refractivity contribution is 5.87. The van der Waals surface area contributed by atoms with Gasteiger partial charge in [-0.05, 0) is 40.5 Å². The Morgan fingerprint density at radius 1 is 0.926 bits per heavy atom. The van der Waals surface area contributed by atoms with Crippen LogP contribution in [0, 0.1) is 5.92 Å². The van der Waals surface area contributed by atoms with E-state index >= 15 is 0 Å². The van der Waals surface area contributed by atoms with Crippen LogP contribution in [0.25, 0.3) is 10.8 Å². The van der Waals surface area contributed by atoms with Crippen LogP contribution in [-0.4, -0.2) is 24.7 Å². The fourth-order valence-corrected chi connectivity index (χ4v) is 3.02. The molecule has 1 unspecified atom stereocenters. The fraction of sp³-hybridized carbons (Fsp3) is 0.353. The number of benzene rings is 2. The monoisotopic (exact) mass is 386 g/mol. The lowest BCUT2D eigenvalue weighted by molar-refractivity contribution is -0.0690. The zero-order valence-electron chi connectivity index (χ0n) is 14.5. The molecule has 0 saturated carbocycles. The minimum Gasteiger partial charge on any atom is -0.431 e. The van der Waals surface area contributed by atoms with Gasteiger partial charge in [0.05, 0.1) is 6.04 Å². The van der Waals surface area contributed by atoms with Crippen molar-refractivity contribution in [2.75, 3.05) is 0 Å². The van der Waals surface area contributed by atoms with Crippen molar-refractivity contribution in [3.05, 3.63) is 35.9 Å². The number of alkyl halides is 4. The molecule has 27 heavy (non-hydrogen) atoms. The normalized spacial score (nSPS) is 15.4. The van der Waals surface area contributed by atoms with Crippen molar-refractivity contribution >= 4 is 17.1 Å². The predicted molar refractivity (Wildman–Crippen MR) is 91.4 cm³/mol. The van der Waals surface area contributed by atoms with E-state index in [1.165, 1.54) is 18.5 Å². The number of rotatable bonds is 7. The third-order valence-electron chi connectivity index (χ3n) is 4.04. The molecule has 0 fully saturated rings. The smallest absolute Gasteiger partial charge is 0.387 e. The lowest BCUT2D eigenvalue weighted by Gasteiger charge is -2.30. The molecule has 0 radical (unpaired) electrons. The number of hydrogen-bond donors (Lipinski definition) is 2. The standard InChI is InChI=1S/C17H18F4N4O2/c1-9(2)15(25-23-8-22-24-25)11-4-3-10-6-13(26-16(18)19)14(27-17(20)21)7-12(10)5-11/h3-9,15-17,24H,1-2H3,(H,22,23). The first-order valence-electron chi connectivity index (χ1n) is 8.15. The Labute approximate surface area is 152 Å². The lowest BCUT2D eigenvalue weighted by atomic mass is 9.94. The zero-order valence-corrected chi connectivity index (χ0v) is 14.5. The maximum absolute atomic E-state index is 12.7. The van der Waals surface area contributed by atoms with Gasteiger partial charge >= 0.3 is 13.2 Å². The molecule has 0 amide bonds. The van der Waals surface area contributed by atoms with Gasteiger partial charge in [0.2, 0.25) is 0 Å². The number of nitrogens with zero attached hydrogens (tertiary/aromatic N) is 2. The van der Waals surface area contributed by atoms with Gasteiger partial charge in [-0.1, -0.05) is 26.0 Å². The molecule has 1 atom stereocenters. The summed E-state index contributed by atoms with van der Waals surface area (Å²) in [7, 11) is 0. The Balaban J connectivity index is 2.02. The Morgan fingerprint density at radius 3 is 2.07 bits per heavy atom. The summed E-state index contributed by atoms with van der Waals surface area (Å²) in [6.45, 7) is -2.29. The van der Waals surface area contributed by atoms with E-state index in [0.29, 0.717) is 10.8 Å². The predicted octanol–water partition coefficient (Wildman–Crippen LogP) is 4.01. The summed E-state index contributed by atoms with van der Waals surface area (Å²) < 4.78 is 59.1. The van der Waals surface area contributed by atoms with Crippen LogP contribution in [0.4, 0.5) is 17.6 Å². The van der Waals surface area contributed by atoms with Crippen molar-refractivity contribution in [2.45, 2.75) is 33.1 Å². The van der Waals surface area contributed by atoms with Crippen LogP contribution in [0.2, 0.25) is 0 Å². The highest BCUT2D eigenvalue weighted by Crippen LogP contribution is 2.37. The molecular weight excluding hydrogens is 368 g/mol. The molecule has 0 aliphatic carbocycles. The second kappa shape index (κ2) is 7.87. The molecule has 10 heteroatoms. The molecule has 2 N–H and O–H groups in total. The molecule has 1 aliphatic heterocycles. The van der Waals surface area contributed by atoms with E-state index in [1.54, 1.807) is 17.3 Å². The van der Waals surface area contributed by atoms with E-state index < -0.39 is 24.7 Å². The molecule has 3 rings (SSSR count). The summed E-state index contributed by atoms with van der Waals surface area (Å²) >= 11 is 0. The van der Waals surface area contributed by atoms with Gasteiger partial charge in [0.1, 0.15) is 6.34 Å². The Morgan fingerprint density at radius 2 is 1.56 bits per heavy atom. The highest BCUT2D eigenvalue weighted by Gasteiger charge is 2.26. The lowest BCUT2D eigenvalue weighted by Crippen LogP contribution is -2.44. The summed E-state index contributed by atoms with van der Waals surface area (Å²) in [4.78, 5) is 0. The molecule has 146 valence electrons. The van der Waals surface area contributed by atoms with Crippen LogP contribution in [-0.2, 0) is 0 Å². The molecule has 2 aromatic carbocycles. The van der Waals surface area contributed by atoms with Crippen molar-refractivity contribution in [1.29, 1.82) is 0 Å². The first-order valence-corrected chi connectivity index (χ1v) is 8.15. The number of ether oxygens (including phenoxy) is 2. The third kappa shape index (κ3) is 4.33. The van der Waals surface area contributed by atoms with Crippen LogP contribution in [0.1, 0.15) is 25.5 Å². The third-order valence-corrected chi connectivity index (χ3v) is 4.04. The van der Waals surface area contributed by atoms with E-state index in [0.717, 1.165) is 5.56 Å². The van der Waals surface area contributed by atoms with Crippen LogP contribution in [0.5, 0.6) is 11.5 Å². The van der Waals surface area contributed by atoms with Gasteiger partial charge in [0.15, 0.2) is 11.5 Å². The summed E-state index contributed by atoms with van der Waals surface area (Å²) in [5, 5.41) is 6.70. The second-order valence-corrected chi connectivity index (χ2v) is 6.21. The average Bonchev–Trinajstić information content (AvgIpc) is 3.08. The molecule has 0 spiro atoms. The molecule has 0 saturated heterocycles. The summed E-state index contributed by atoms with van der Waals surface area (Å²) in [6, 6.07) is 7.71. The van der Waals surface area contributed by atoms with E-state index in [4.69, 9.17) is 0 Å². The first-order chi connectivity index (χ1) is 12.8. The quantitative estimate of drug-likeness (QED) is 0.705. The highest BCUT2D eigenvalue weighted by atomic mass is 19.3. The maximum atomic E-state index is 12.7. The number of nitrogens with one attached hydrogen (secondary N) is 2. The van der Waals surface area contributed by atoms with Gasteiger partial charge in [-0.3, -0.25) is 5.43 Å². The van der Waals surface area contributed by atoms with Crippen molar-refractivity contribution in [3.63, 3.8) is 0 Å². The molecular formula is C17H18F4N4O2. The average molecular weight is 386 g/mol. The number of halogens is 4. The van der Waals surface area contributed by atoms with Gasteiger partial charge in [-0.15, -0.1) is 5.12 Å². The van der Waals surface area contributed by atoms with Gasteiger partial charge in [-0.25, -0.2) is 5.53 Å². The SMILES string of the molecule is CC(C)C(c1ccc2cc(OC(F)F)c(OC(F)F)cc2c1)N1NC=NN1. The van der Waals surface area contributed by atoms with E-state index in [-0.39, 0.29) is 12.0 Å². The van der Waals surface area contributed by atoms with Crippen LogP contribution >= 0.6 is 0 Å². The van der Waals surface area contributed by atoms with E-state index in [9.17, 15) is 17.6 Å². The van der Waals surface area contributed by atoms with Crippen LogP contribution < -0.4 is 20.4 Å². The molecule has 1 heterocycles. The van der Waals surface area contributed by atoms with Gasteiger partial charge in [-0.2, -0.15) is 22.7 Å². The molecule has 1 aliphatic rings. The van der Waals surface area contributed by atoms with Crippen molar-refractivity contribution in [3.8, 4) is 11.5 Å². The summed E-state index contributed by atoms with van der Waals surface area (Å²) in [5.41, 5.74) is 6.64. The van der Waals surface area contributed by atoms with Gasteiger partial charge < -0.3 is 9.47 Å². The summed E-state index contributed by atoms with van der Waals surface area (Å²) in [6.07, 6.45) is 1.50. The fourth-order valence-electron chi connectivity index (χ4n) is 3.02. The molecule has 2 aromatic rings. The number of hydrogen-bond acceptors (Lipinski definition) is 6. The first kappa shape index (κ1) is 19.0. The number of hydrazone groups is 1. The van der Waals surface area contributed by atoms with Gasteiger partial charge in [0, 0.05) is 0 Å². The largest absolute Gasteiger partial charge is 0.431 e. The Kier molecular flexibility index (Phi) is 5.54. The number of fused-ring (bicyclic) bond motifs is 1. The topological polar surface area (TPSA) is 58.1 Å². The Hall–Kier alpha value is -2.75. The minimum atomic E-state index is -3.16.